The molecule has 0 radical (unpaired) electrons. The van der Waals surface area contributed by atoms with Gasteiger partial charge in [0.05, 0.1) is 4.88 Å². The summed E-state index contributed by atoms with van der Waals surface area (Å²) in [5.74, 6) is -0.0445. The van der Waals surface area contributed by atoms with Crippen LogP contribution < -0.4 is 5.32 Å². The Kier molecular flexibility index (Phi) is 5.28. The highest BCUT2D eigenvalue weighted by molar-refractivity contribution is 7.14. The molecule has 0 spiro atoms. The molecule has 110 valence electrons. The number of thiophene rings is 1. The molecule has 2 aromatic rings. The van der Waals surface area contributed by atoms with Crippen LogP contribution in [0.4, 0.5) is 0 Å². The summed E-state index contributed by atoms with van der Waals surface area (Å²) < 4.78 is 0. The zero-order valence-corrected chi connectivity index (χ0v) is 13.1. The lowest BCUT2D eigenvalue weighted by atomic mass is 10.1. The fourth-order valence-electron chi connectivity index (χ4n) is 2.05. The van der Waals surface area contributed by atoms with Gasteiger partial charge in [-0.05, 0) is 31.5 Å². The number of ketones is 1. The summed E-state index contributed by atoms with van der Waals surface area (Å²) in [4.78, 5) is 25.5. The van der Waals surface area contributed by atoms with Gasteiger partial charge in [-0.15, -0.1) is 11.3 Å². The normalized spacial score (nSPS) is 10.4. The number of aryl methyl sites for hydroxylation is 2. The lowest BCUT2D eigenvalue weighted by Crippen LogP contribution is -2.23. The molecule has 3 nitrogen and oxygen atoms in total. The predicted octanol–water partition coefficient (Wildman–Crippen LogP) is 3.64. The van der Waals surface area contributed by atoms with Crippen LogP contribution in [0.1, 0.15) is 38.5 Å². The summed E-state index contributed by atoms with van der Waals surface area (Å²) >= 11 is 1.48. The summed E-state index contributed by atoms with van der Waals surface area (Å²) in [5.41, 5.74) is 2.24. The van der Waals surface area contributed by atoms with Crippen molar-refractivity contribution in [3.63, 3.8) is 0 Å². The Morgan fingerprint density at radius 3 is 2.57 bits per heavy atom. The van der Waals surface area contributed by atoms with Crippen molar-refractivity contribution in [2.45, 2.75) is 33.2 Å². The van der Waals surface area contributed by atoms with E-state index in [1.807, 2.05) is 50.2 Å². The molecule has 1 N–H and O–H groups in total. The molecular formula is C17H19NO2S. The van der Waals surface area contributed by atoms with Crippen LogP contribution in [0.25, 0.3) is 0 Å². The molecule has 0 fully saturated rings. The van der Waals surface area contributed by atoms with Crippen molar-refractivity contribution in [1.29, 1.82) is 0 Å². The number of benzene rings is 1. The Hall–Kier alpha value is -1.94. The molecular weight excluding hydrogens is 282 g/mol. The largest absolute Gasteiger partial charge is 0.352 e. The van der Waals surface area contributed by atoms with Crippen molar-refractivity contribution in [3.8, 4) is 0 Å². The van der Waals surface area contributed by atoms with Gasteiger partial charge in [-0.3, -0.25) is 9.59 Å². The molecule has 0 saturated carbocycles. The Morgan fingerprint density at radius 1 is 1.10 bits per heavy atom. The first-order valence-electron chi connectivity index (χ1n) is 6.96. The number of Topliss-reactive ketones (excluding diaryl/α,β-unsaturated/α-hetero) is 1. The van der Waals surface area contributed by atoms with E-state index in [4.69, 9.17) is 0 Å². The quantitative estimate of drug-likeness (QED) is 0.828. The second kappa shape index (κ2) is 7.18. The molecule has 4 heteroatoms. The Labute approximate surface area is 129 Å². The van der Waals surface area contributed by atoms with Gasteiger partial charge in [-0.25, -0.2) is 0 Å². The van der Waals surface area contributed by atoms with Crippen molar-refractivity contribution in [3.05, 3.63) is 57.3 Å². The van der Waals surface area contributed by atoms with Crippen molar-refractivity contribution >= 4 is 23.0 Å². The van der Waals surface area contributed by atoms with E-state index in [0.717, 1.165) is 15.3 Å². The lowest BCUT2D eigenvalue weighted by molar-refractivity contribution is -0.121. The second-order valence-corrected chi connectivity index (χ2v) is 6.39. The third kappa shape index (κ3) is 4.83. The molecule has 1 heterocycles. The first-order chi connectivity index (χ1) is 10.0. The maximum Gasteiger partial charge on any atom is 0.220 e. The molecule has 1 aromatic heterocycles. The van der Waals surface area contributed by atoms with Gasteiger partial charge in [0.15, 0.2) is 5.78 Å². The van der Waals surface area contributed by atoms with E-state index in [1.165, 1.54) is 16.9 Å². The maximum absolute atomic E-state index is 11.9. The summed E-state index contributed by atoms with van der Waals surface area (Å²) in [6, 6.07) is 11.8. The topological polar surface area (TPSA) is 46.2 Å². The summed E-state index contributed by atoms with van der Waals surface area (Å²) in [5, 5.41) is 2.85. The van der Waals surface area contributed by atoms with E-state index in [2.05, 4.69) is 5.32 Å². The van der Waals surface area contributed by atoms with Crippen LogP contribution in [0.15, 0.2) is 36.4 Å². The monoisotopic (exact) mass is 301 g/mol. The van der Waals surface area contributed by atoms with Gasteiger partial charge in [0.1, 0.15) is 0 Å². The van der Waals surface area contributed by atoms with Gasteiger partial charge >= 0.3 is 0 Å². The molecule has 0 saturated heterocycles. The van der Waals surface area contributed by atoms with Crippen LogP contribution in [0.5, 0.6) is 0 Å². The van der Waals surface area contributed by atoms with E-state index in [0.29, 0.717) is 6.54 Å². The molecule has 0 aliphatic rings. The van der Waals surface area contributed by atoms with Gasteiger partial charge in [0.25, 0.3) is 0 Å². The minimum absolute atomic E-state index is 0.0406. The van der Waals surface area contributed by atoms with Gasteiger partial charge in [0, 0.05) is 24.3 Å². The highest BCUT2D eigenvalue weighted by Crippen LogP contribution is 2.17. The van der Waals surface area contributed by atoms with Crippen LogP contribution in [0, 0.1) is 13.8 Å². The van der Waals surface area contributed by atoms with Crippen LogP contribution in [0.2, 0.25) is 0 Å². The number of amides is 1. The number of hydrogen-bond acceptors (Lipinski definition) is 3. The van der Waals surface area contributed by atoms with Gasteiger partial charge in [0.2, 0.25) is 5.91 Å². The average Bonchev–Trinajstić information content (AvgIpc) is 2.89. The van der Waals surface area contributed by atoms with Crippen LogP contribution in [-0.2, 0) is 11.3 Å². The molecule has 0 bridgehead atoms. The highest BCUT2D eigenvalue weighted by atomic mass is 32.1. The predicted molar refractivity (Wildman–Crippen MR) is 85.6 cm³/mol. The SMILES string of the molecule is Cc1cccc(CNC(=O)CCC(=O)c2ccc(C)s2)c1. The fourth-order valence-corrected chi connectivity index (χ4v) is 2.88. The first-order valence-corrected chi connectivity index (χ1v) is 7.78. The summed E-state index contributed by atoms with van der Waals surface area (Å²) in [6.45, 7) is 4.50. The number of rotatable bonds is 6. The van der Waals surface area contributed by atoms with Crippen molar-refractivity contribution in [2.75, 3.05) is 0 Å². The number of hydrogen-bond donors (Lipinski definition) is 1. The maximum atomic E-state index is 11.9. The molecule has 0 atom stereocenters. The van der Waals surface area contributed by atoms with Crippen molar-refractivity contribution in [2.24, 2.45) is 0 Å². The molecule has 21 heavy (non-hydrogen) atoms. The molecule has 0 aliphatic heterocycles. The van der Waals surface area contributed by atoms with E-state index in [1.54, 1.807) is 0 Å². The lowest BCUT2D eigenvalue weighted by Gasteiger charge is -2.05. The average molecular weight is 301 g/mol. The second-order valence-electron chi connectivity index (χ2n) is 5.10. The van der Waals surface area contributed by atoms with Crippen molar-refractivity contribution in [1.82, 2.24) is 5.32 Å². The van der Waals surface area contributed by atoms with E-state index >= 15 is 0 Å². The smallest absolute Gasteiger partial charge is 0.220 e. The molecule has 1 amide bonds. The molecule has 1 aromatic carbocycles. The zero-order chi connectivity index (χ0) is 15.2. The van der Waals surface area contributed by atoms with Crippen LogP contribution in [-0.4, -0.2) is 11.7 Å². The van der Waals surface area contributed by atoms with E-state index in [9.17, 15) is 9.59 Å². The Balaban J connectivity index is 1.76. The van der Waals surface area contributed by atoms with Gasteiger partial charge < -0.3 is 5.32 Å². The third-order valence-corrected chi connectivity index (χ3v) is 4.21. The minimum atomic E-state index is -0.0851. The standard InChI is InChI=1S/C17H19NO2S/c1-12-4-3-5-14(10-12)11-18-17(20)9-7-15(19)16-8-6-13(2)21-16/h3-6,8,10H,7,9,11H2,1-2H3,(H,18,20). The molecule has 0 unspecified atom stereocenters. The summed E-state index contributed by atoms with van der Waals surface area (Å²) in [7, 11) is 0. The molecule has 2 rings (SSSR count). The molecule has 0 aliphatic carbocycles. The third-order valence-electron chi connectivity index (χ3n) is 3.17. The number of nitrogens with one attached hydrogen (secondary N) is 1. The minimum Gasteiger partial charge on any atom is -0.352 e. The Bertz CT molecular complexity index is 646. The highest BCUT2D eigenvalue weighted by Gasteiger charge is 2.10. The number of carbonyl (C=O) groups is 2. The number of carbonyl (C=O) groups excluding carboxylic acids is 2. The van der Waals surface area contributed by atoms with Crippen LogP contribution in [0.3, 0.4) is 0 Å². The van der Waals surface area contributed by atoms with Gasteiger partial charge in [-0.1, -0.05) is 29.8 Å². The Morgan fingerprint density at radius 2 is 1.90 bits per heavy atom. The summed E-state index contributed by atoms with van der Waals surface area (Å²) in [6.07, 6.45) is 0.501. The fraction of sp³-hybridized carbons (Fsp3) is 0.294. The van der Waals surface area contributed by atoms with E-state index < -0.39 is 0 Å². The van der Waals surface area contributed by atoms with Crippen molar-refractivity contribution < 1.29 is 9.59 Å². The first kappa shape index (κ1) is 15.4. The van der Waals surface area contributed by atoms with E-state index in [-0.39, 0.29) is 24.5 Å². The van der Waals surface area contributed by atoms with Gasteiger partial charge in [-0.2, -0.15) is 0 Å². The zero-order valence-electron chi connectivity index (χ0n) is 12.3. The van der Waals surface area contributed by atoms with Crippen LogP contribution >= 0.6 is 11.3 Å².